The maximum Gasteiger partial charge on any atom is 0.490 e. The van der Waals surface area contributed by atoms with Crippen LogP contribution in [-0.2, 0) is 9.59 Å². The van der Waals surface area contributed by atoms with Crippen molar-refractivity contribution >= 4 is 23.6 Å². The Bertz CT molecular complexity index is 608. The third-order valence-electron chi connectivity index (χ3n) is 6.10. The molecular formula is C19H28F3N3O3S. The van der Waals surface area contributed by atoms with Crippen molar-refractivity contribution in [1.29, 1.82) is 5.26 Å². The standard InChI is InChI=1S/C17H27N3OS.C2HF3O2/c18-10-15-12-22-13-20(15)16(21)11-19-14-4-8-17(9-5-14)6-2-1-3-7-17;3-2(4,5)1(6)7/h14-15,19H,1-9,11-13H2;(H,6,7)/t15-;/m1./s1. The van der Waals surface area contributed by atoms with Crippen LogP contribution in [0.3, 0.4) is 0 Å². The Kier molecular flexibility index (Phi) is 8.64. The monoisotopic (exact) mass is 435 g/mol. The summed E-state index contributed by atoms with van der Waals surface area (Å²) in [6, 6.07) is 2.50. The van der Waals surface area contributed by atoms with Gasteiger partial charge < -0.3 is 15.3 Å². The van der Waals surface area contributed by atoms with Gasteiger partial charge in [-0.25, -0.2) is 4.79 Å². The number of rotatable bonds is 3. The van der Waals surface area contributed by atoms with Gasteiger partial charge in [-0.1, -0.05) is 19.3 Å². The number of nitrogens with one attached hydrogen (secondary N) is 1. The number of thioether (sulfide) groups is 1. The zero-order chi connectivity index (χ0) is 21.5. The molecule has 10 heteroatoms. The number of carboxylic acids is 1. The fraction of sp³-hybridized carbons (Fsp3) is 0.842. The van der Waals surface area contributed by atoms with E-state index >= 15 is 0 Å². The number of hydrogen-bond acceptors (Lipinski definition) is 5. The van der Waals surface area contributed by atoms with Gasteiger partial charge in [0.2, 0.25) is 5.91 Å². The molecule has 0 aromatic rings. The first kappa shape index (κ1) is 23.8. The van der Waals surface area contributed by atoms with E-state index < -0.39 is 12.1 Å². The van der Waals surface area contributed by atoms with Crippen LogP contribution in [0.25, 0.3) is 0 Å². The molecule has 0 aromatic carbocycles. The SMILES string of the molecule is N#C[C@@H]1CSCN1C(=O)CNC1CCC2(CCCCC2)CC1.O=C(O)C(F)(F)F. The van der Waals surface area contributed by atoms with Gasteiger partial charge >= 0.3 is 12.1 Å². The van der Waals surface area contributed by atoms with Crippen molar-refractivity contribution in [1.82, 2.24) is 10.2 Å². The molecule has 1 spiro atoms. The summed E-state index contributed by atoms with van der Waals surface area (Å²) >= 11 is 1.67. The maximum absolute atomic E-state index is 12.3. The van der Waals surface area contributed by atoms with Gasteiger partial charge in [0.1, 0.15) is 6.04 Å². The topological polar surface area (TPSA) is 93.4 Å². The van der Waals surface area contributed by atoms with Crippen molar-refractivity contribution in [2.45, 2.75) is 76.0 Å². The first-order valence-corrected chi connectivity index (χ1v) is 11.1. The van der Waals surface area contributed by atoms with E-state index in [2.05, 4.69) is 11.4 Å². The van der Waals surface area contributed by atoms with Crippen molar-refractivity contribution in [3.63, 3.8) is 0 Å². The predicted molar refractivity (Wildman–Crippen MR) is 103 cm³/mol. The van der Waals surface area contributed by atoms with Gasteiger partial charge in [-0.3, -0.25) is 4.79 Å². The van der Waals surface area contributed by atoms with Crippen LogP contribution in [0.15, 0.2) is 0 Å². The summed E-state index contributed by atoms with van der Waals surface area (Å²) in [6.07, 6.45) is 7.11. The van der Waals surface area contributed by atoms with Crippen LogP contribution >= 0.6 is 11.8 Å². The van der Waals surface area contributed by atoms with E-state index in [4.69, 9.17) is 15.2 Å². The second-order valence-corrected chi connectivity index (χ2v) is 9.03. The minimum Gasteiger partial charge on any atom is -0.475 e. The summed E-state index contributed by atoms with van der Waals surface area (Å²) in [5.41, 5.74) is 0.637. The molecule has 1 saturated heterocycles. The van der Waals surface area contributed by atoms with Gasteiger partial charge in [-0.15, -0.1) is 11.8 Å². The Labute approximate surface area is 173 Å². The van der Waals surface area contributed by atoms with Crippen molar-refractivity contribution in [3.05, 3.63) is 0 Å². The summed E-state index contributed by atoms with van der Waals surface area (Å²) < 4.78 is 31.7. The number of carbonyl (C=O) groups is 2. The molecule has 2 N–H and O–H groups in total. The minimum absolute atomic E-state index is 0.0921. The summed E-state index contributed by atoms with van der Waals surface area (Å²) in [5.74, 6) is -1.23. The van der Waals surface area contributed by atoms with Crippen LogP contribution in [0.5, 0.6) is 0 Å². The predicted octanol–water partition coefficient (Wildman–Crippen LogP) is 3.53. The van der Waals surface area contributed by atoms with Crippen LogP contribution in [0.4, 0.5) is 13.2 Å². The minimum atomic E-state index is -5.08. The Hall–Kier alpha value is -1.47. The van der Waals surface area contributed by atoms with Crippen LogP contribution in [-0.4, -0.2) is 58.3 Å². The molecule has 164 valence electrons. The zero-order valence-corrected chi connectivity index (χ0v) is 17.2. The molecule has 0 aromatic heterocycles. The summed E-state index contributed by atoms with van der Waals surface area (Å²) in [4.78, 5) is 22.9. The number of hydrogen-bond donors (Lipinski definition) is 2. The van der Waals surface area contributed by atoms with Crippen LogP contribution in [0.2, 0.25) is 0 Å². The van der Waals surface area contributed by atoms with E-state index in [1.807, 2.05) is 0 Å². The smallest absolute Gasteiger partial charge is 0.475 e. The van der Waals surface area contributed by atoms with E-state index in [9.17, 15) is 18.0 Å². The number of carboxylic acid groups (broad SMARTS) is 1. The molecule has 6 nitrogen and oxygen atoms in total. The quantitative estimate of drug-likeness (QED) is 0.705. The highest BCUT2D eigenvalue weighted by Gasteiger charge is 2.38. The van der Waals surface area contributed by atoms with Gasteiger partial charge in [-0.2, -0.15) is 18.4 Å². The number of alkyl halides is 3. The molecule has 0 bridgehead atoms. The molecule has 1 amide bonds. The number of nitriles is 1. The van der Waals surface area contributed by atoms with E-state index in [1.165, 1.54) is 57.8 Å². The molecule has 3 aliphatic rings. The first-order valence-electron chi connectivity index (χ1n) is 9.97. The van der Waals surface area contributed by atoms with Crippen molar-refractivity contribution in [2.75, 3.05) is 18.2 Å². The van der Waals surface area contributed by atoms with Gasteiger partial charge in [0, 0.05) is 11.8 Å². The lowest BCUT2D eigenvalue weighted by Crippen LogP contribution is -2.45. The Morgan fingerprint density at radius 2 is 1.76 bits per heavy atom. The lowest BCUT2D eigenvalue weighted by molar-refractivity contribution is -0.192. The van der Waals surface area contributed by atoms with E-state index in [-0.39, 0.29) is 11.9 Å². The Morgan fingerprint density at radius 3 is 2.28 bits per heavy atom. The molecule has 0 radical (unpaired) electrons. The van der Waals surface area contributed by atoms with Gasteiger partial charge in [-0.05, 0) is 43.9 Å². The highest BCUT2D eigenvalue weighted by atomic mass is 32.2. The van der Waals surface area contributed by atoms with Crippen LogP contribution < -0.4 is 5.32 Å². The Morgan fingerprint density at radius 1 is 1.17 bits per heavy atom. The number of amides is 1. The molecule has 1 atom stereocenters. The molecule has 29 heavy (non-hydrogen) atoms. The summed E-state index contributed by atoms with van der Waals surface area (Å²) in [7, 11) is 0. The highest BCUT2D eigenvalue weighted by Crippen LogP contribution is 2.47. The fourth-order valence-corrected chi connectivity index (χ4v) is 5.47. The van der Waals surface area contributed by atoms with E-state index in [1.54, 1.807) is 16.7 Å². The second-order valence-electron chi connectivity index (χ2n) is 8.03. The largest absolute Gasteiger partial charge is 0.490 e. The third-order valence-corrected chi connectivity index (χ3v) is 7.11. The van der Waals surface area contributed by atoms with Gasteiger partial charge in [0.05, 0.1) is 18.5 Å². The van der Waals surface area contributed by atoms with Crippen molar-refractivity contribution in [3.8, 4) is 6.07 Å². The zero-order valence-electron chi connectivity index (χ0n) is 16.3. The molecule has 1 heterocycles. The second kappa shape index (κ2) is 10.5. The molecule has 1 aliphatic heterocycles. The summed E-state index contributed by atoms with van der Waals surface area (Å²) in [6.45, 7) is 0.399. The lowest BCUT2D eigenvalue weighted by atomic mass is 9.64. The van der Waals surface area contributed by atoms with E-state index in [0.717, 1.165) is 5.75 Å². The molecule has 3 fully saturated rings. The van der Waals surface area contributed by atoms with Crippen LogP contribution in [0.1, 0.15) is 57.8 Å². The highest BCUT2D eigenvalue weighted by molar-refractivity contribution is 7.99. The molecule has 0 unspecified atom stereocenters. The molecule has 2 saturated carbocycles. The third kappa shape index (κ3) is 7.07. The maximum atomic E-state index is 12.3. The number of halogens is 3. The van der Waals surface area contributed by atoms with Crippen molar-refractivity contribution in [2.24, 2.45) is 5.41 Å². The van der Waals surface area contributed by atoms with Gasteiger partial charge in [0.25, 0.3) is 0 Å². The molecule has 2 aliphatic carbocycles. The lowest BCUT2D eigenvalue weighted by Gasteiger charge is -2.43. The van der Waals surface area contributed by atoms with Gasteiger partial charge in [0.15, 0.2) is 0 Å². The van der Waals surface area contributed by atoms with Crippen molar-refractivity contribution < 1.29 is 27.9 Å². The molecule has 3 rings (SSSR count). The summed E-state index contributed by atoms with van der Waals surface area (Å²) in [5, 5.41) is 19.6. The fourth-order valence-electron chi connectivity index (χ4n) is 4.36. The number of aliphatic carboxylic acids is 1. The molecular weight excluding hydrogens is 407 g/mol. The van der Waals surface area contributed by atoms with Crippen LogP contribution in [0, 0.1) is 16.7 Å². The first-order chi connectivity index (χ1) is 13.7. The number of carbonyl (C=O) groups excluding carboxylic acids is 1. The average Bonchev–Trinajstić information content (AvgIpc) is 3.17. The van der Waals surface area contributed by atoms with E-state index in [0.29, 0.717) is 23.9 Å². The Balaban J connectivity index is 0.000000370. The number of nitrogens with zero attached hydrogens (tertiary/aromatic N) is 2. The average molecular weight is 436 g/mol. The normalized spacial score (nSPS) is 24.5.